The molecule has 2 aromatic rings. The van der Waals surface area contributed by atoms with E-state index in [0.717, 1.165) is 8.13 Å². The first kappa shape index (κ1) is 14.6. The van der Waals surface area contributed by atoms with Gasteiger partial charge in [0.25, 0.3) is 0 Å². The van der Waals surface area contributed by atoms with Gasteiger partial charge in [0, 0.05) is 7.74 Å². The molecule has 0 saturated heterocycles. The van der Waals surface area contributed by atoms with Gasteiger partial charge in [-0.3, -0.25) is 0 Å². The normalized spacial score (nSPS) is 12.5. The van der Waals surface area contributed by atoms with Crippen LogP contribution < -0.4 is 10.5 Å². The van der Waals surface area contributed by atoms with Crippen molar-refractivity contribution in [3.63, 3.8) is 0 Å². The van der Waals surface area contributed by atoms with Gasteiger partial charge in [-0.25, -0.2) is 0 Å². The van der Waals surface area contributed by atoms with Crippen LogP contribution in [0.2, 0.25) is 13.1 Å². The summed E-state index contributed by atoms with van der Waals surface area (Å²) in [4.78, 5) is 0. The summed E-state index contributed by atoms with van der Waals surface area (Å²) in [5.41, 5.74) is 6.11. The third-order valence-electron chi connectivity index (χ3n) is 4.29. The Labute approximate surface area is 120 Å². The second kappa shape index (κ2) is 5.30. The number of benzene rings is 1. The van der Waals surface area contributed by atoms with Crippen molar-refractivity contribution < 1.29 is 0 Å². The molecule has 0 aliphatic carbocycles. The highest BCUT2D eigenvalue weighted by Gasteiger charge is 2.22. The Hall–Kier alpha value is -0.783. The van der Waals surface area contributed by atoms with Crippen LogP contribution in [0.15, 0.2) is 30.3 Å². The number of hydrogen-bond donors (Lipinski definition) is 0. The van der Waals surface area contributed by atoms with E-state index in [2.05, 4.69) is 71.1 Å². The van der Waals surface area contributed by atoms with E-state index in [1.807, 2.05) is 0 Å². The van der Waals surface area contributed by atoms with Gasteiger partial charge in [-0.05, 0) is 5.30 Å². The summed E-state index contributed by atoms with van der Waals surface area (Å²) < 4.78 is 0. The van der Waals surface area contributed by atoms with E-state index in [0.29, 0.717) is 0 Å². The van der Waals surface area contributed by atoms with Crippen LogP contribution in [-0.4, -0.2) is 7.74 Å². The third kappa shape index (κ3) is 2.73. The summed E-state index contributed by atoms with van der Waals surface area (Å²) in [6, 6.07) is 11.0. The van der Waals surface area contributed by atoms with Gasteiger partial charge in [0.1, 0.15) is 0 Å². The van der Waals surface area contributed by atoms with E-state index in [-0.39, 0.29) is 0 Å². The lowest BCUT2D eigenvalue weighted by molar-refractivity contribution is 1.32. The highest BCUT2D eigenvalue weighted by atomic mass is 31.3. The third-order valence-corrected chi connectivity index (χ3v) is 11.0. The van der Waals surface area contributed by atoms with Crippen LogP contribution in [0.1, 0.15) is 22.3 Å². The number of rotatable bonds is 3. The topological polar surface area (TPSA) is 0 Å². The van der Waals surface area contributed by atoms with Crippen molar-refractivity contribution >= 4 is 26.4 Å². The molecule has 0 aliphatic rings. The standard InChI is InChI=1S/C17H24PSi/c1-12-13(2)15(4)17(14(12)3)19(5,6)18-16-10-8-7-9-11-16/h7-11,18H,1-6H3/q-1. The van der Waals surface area contributed by atoms with Crippen molar-refractivity contribution in [1.29, 1.82) is 0 Å². The molecule has 2 aromatic carbocycles. The van der Waals surface area contributed by atoms with Gasteiger partial charge < -0.3 is 0 Å². The lowest BCUT2D eigenvalue weighted by atomic mass is 10.2. The Bertz CT molecular complexity index is 554. The van der Waals surface area contributed by atoms with Gasteiger partial charge in [0.2, 0.25) is 0 Å². The molecule has 0 heterocycles. The maximum absolute atomic E-state index is 2.52. The predicted molar refractivity (Wildman–Crippen MR) is 92.5 cm³/mol. The molecule has 2 heteroatoms. The molecule has 0 saturated carbocycles. The molecule has 0 N–H and O–H groups in total. The summed E-state index contributed by atoms with van der Waals surface area (Å²) >= 11 is 0. The zero-order chi connectivity index (χ0) is 14.2. The first-order chi connectivity index (χ1) is 8.84. The Morgan fingerprint density at radius 3 is 2.00 bits per heavy atom. The Morgan fingerprint density at radius 1 is 0.947 bits per heavy atom. The van der Waals surface area contributed by atoms with Crippen molar-refractivity contribution in [2.45, 2.75) is 40.8 Å². The van der Waals surface area contributed by atoms with E-state index in [4.69, 9.17) is 0 Å². The first-order valence-corrected chi connectivity index (χ1v) is 11.9. The van der Waals surface area contributed by atoms with Crippen molar-refractivity contribution in [2.24, 2.45) is 0 Å². The van der Waals surface area contributed by atoms with E-state index in [1.165, 1.54) is 16.4 Å². The fraction of sp³-hybridized carbons (Fsp3) is 0.353. The summed E-state index contributed by atoms with van der Waals surface area (Å²) in [5.74, 6) is 0. The predicted octanol–water partition coefficient (Wildman–Crippen LogP) is 4.06. The molecule has 0 amide bonds. The molecular formula is C17H24PSi-. The minimum absolute atomic E-state index is 0.950. The Morgan fingerprint density at radius 2 is 1.53 bits per heavy atom. The summed E-state index contributed by atoms with van der Waals surface area (Å²) in [6.07, 6.45) is 0. The van der Waals surface area contributed by atoms with Crippen molar-refractivity contribution in [3.8, 4) is 0 Å². The Kier molecular flexibility index (Phi) is 4.08. The van der Waals surface area contributed by atoms with Crippen molar-refractivity contribution in [1.82, 2.24) is 0 Å². The molecule has 19 heavy (non-hydrogen) atoms. The fourth-order valence-corrected chi connectivity index (χ4v) is 10.7. The molecule has 0 aliphatic heterocycles. The van der Waals surface area contributed by atoms with Crippen LogP contribution in [0, 0.1) is 27.7 Å². The molecule has 102 valence electrons. The van der Waals surface area contributed by atoms with Crippen molar-refractivity contribution in [2.75, 3.05) is 0 Å². The molecule has 0 nitrogen and oxygen atoms in total. The first-order valence-electron chi connectivity index (χ1n) is 6.91. The molecule has 1 atom stereocenters. The van der Waals surface area contributed by atoms with Crippen LogP contribution in [0.5, 0.6) is 0 Å². The molecule has 1 unspecified atom stereocenters. The van der Waals surface area contributed by atoms with Gasteiger partial charge in [0.05, 0.1) is 0 Å². The zero-order valence-electron chi connectivity index (χ0n) is 12.9. The minimum Gasteiger partial charge on any atom is -0.197 e. The van der Waals surface area contributed by atoms with E-state index in [9.17, 15) is 0 Å². The van der Waals surface area contributed by atoms with E-state index in [1.54, 1.807) is 16.3 Å². The maximum Gasteiger partial charge on any atom is 0.0389 e. The summed E-state index contributed by atoms with van der Waals surface area (Å²) in [7, 11) is -0.442. The lowest BCUT2D eigenvalue weighted by Gasteiger charge is -2.32. The molecule has 0 fully saturated rings. The summed E-state index contributed by atoms with van der Waals surface area (Å²) in [5, 5.41) is 3.21. The van der Waals surface area contributed by atoms with Gasteiger partial charge in [-0.15, -0.1) is 8.13 Å². The molecule has 0 bridgehead atoms. The second-order valence-electron chi connectivity index (χ2n) is 5.99. The van der Waals surface area contributed by atoms with Gasteiger partial charge in [0.15, 0.2) is 0 Å². The molecular weight excluding hydrogens is 263 g/mol. The van der Waals surface area contributed by atoms with Gasteiger partial charge in [-0.1, -0.05) is 71.1 Å². The van der Waals surface area contributed by atoms with E-state index < -0.39 is 7.74 Å². The van der Waals surface area contributed by atoms with Gasteiger partial charge in [-0.2, -0.15) is 27.4 Å². The summed E-state index contributed by atoms with van der Waals surface area (Å²) in [6.45, 7) is 14.2. The fourth-order valence-electron chi connectivity index (χ4n) is 3.10. The lowest BCUT2D eigenvalue weighted by Crippen LogP contribution is -2.40. The average molecular weight is 287 g/mol. The van der Waals surface area contributed by atoms with Gasteiger partial charge >= 0.3 is 0 Å². The molecule has 0 spiro atoms. The zero-order valence-corrected chi connectivity index (χ0v) is 14.9. The SMILES string of the molecule is Cc1c([Si](C)(C)Pc2ccccc2)c(C)[c-](C)c1C. The number of hydrogen-bond acceptors (Lipinski definition) is 0. The minimum atomic E-state index is -1.39. The van der Waals surface area contributed by atoms with Crippen molar-refractivity contribution in [3.05, 3.63) is 52.6 Å². The molecule has 0 radical (unpaired) electrons. The van der Waals surface area contributed by atoms with Crippen LogP contribution in [0.3, 0.4) is 0 Å². The molecule has 2 rings (SSSR count). The average Bonchev–Trinajstić information content (AvgIpc) is 2.55. The largest absolute Gasteiger partial charge is 0.197 e. The van der Waals surface area contributed by atoms with Crippen LogP contribution in [0.4, 0.5) is 0 Å². The highest BCUT2D eigenvalue weighted by molar-refractivity contribution is 7.89. The quantitative estimate of drug-likeness (QED) is 0.454. The smallest absolute Gasteiger partial charge is 0.0389 e. The second-order valence-corrected chi connectivity index (χ2v) is 15.1. The monoisotopic (exact) mass is 287 g/mol. The van der Waals surface area contributed by atoms with Crippen LogP contribution in [-0.2, 0) is 0 Å². The highest BCUT2D eigenvalue weighted by Crippen LogP contribution is 2.31. The maximum atomic E-state index is 2.52. The Balaban J connectivity index is 2.43. The van der Waals surface area contributed by atoms with Crippen LogP contribution in [0.25, 0.3) is 0 Å². The molecule has 0 aromatic heterocycles. The van der Waals surface area contributed by atoms with E-state index >= 15 is 0 Å². The van der Waals surface area contributed by atoms with Crippen LogP contribution >= 0.6 is 8.13 Å².